The van der Waals surface area contributed by atoms with Crippen LogP contribution < -0.4 is 10.6 Å². The predicted octanol–water partition coefficient (Wildman–Crippen LogP) is 2.82. The summed E-state index contributed by atoms with van der Waals surface area (Å²) < 4.78 is 0. The van der Waals surface area contributed by atoms with Crippen LogP contribution in [0.1, 0.15) is 33.3 Å². The van der Waals surface area contributed by atoms with E-state index in [0.29, 0.717) is 24.9 Å². The molecule has 0 aliphatic carbocycles. The highest BCUT2D eigenvalue weighted by Gasteiger charge is 2.06. The highest BCUT2D eigenvalue weighted by Crippen LogP contribution is 2.14. The van der Waals surface area contributed by atoms with Crippen LogP contribution in [0.2, 0.25) is 0 Å². The summed E-state index contributed by atoms with van der Waals surface area (Å²) in [5.41, 5.74) is 2.15. The predicted molar refractivity (Wildman–Crippen MR) is 76.8 cm³/mol. The Hall–Kier alpha value is -1.51. The van der Waals surface area contributed by atoms with Crippen LogP contribution in [-0.4, -0.2) is 18.5 Å². The van der Waals surface area contributed by atoms with Gasteiger partial charge < -0.3 is 10.6 Å². The van der Waals surface area contributed by atoms with Gasteiger partial charge in [-0.25, -0.2) is 0 Å². The molecule has 0 aromatic heterocycles. The maximum Gasteiger partial charge on any atom is 0.224 e. The van der Waals surface area contributed by atoms with E-state index in [2.05, 4.69) is 31.4 Å². The Bertz CT molecular complexity index is 371. The van der Waals surface area contributed by atoms with E-state index in [4.69, 9.17) is 0 Å². The highest BCUT2D eigenvalue weighted by atomic mass is 16.1. The minimum atomic E-state index is 0.0776. The zero-order valence-electron chi connectivity index (χ0n) is 11.8. The van der Waals surface area contributed by atoms with E-state index in [9.17, 15) is 4.79 Å². The summed E-state index contributed by atoms with van der Waals surface area (Å²) in [5.74, 6) is 0.675. The molecule has 1 unspecified atom stereocenters. The third-order valence-electron chi connectivity index (χ3n) is 3.09. The molecule has 0 saturated carbocycles. The summed E-state index contributed by atoms with van der Waals surface area (Å²) in [6.45, 7) is 9.18. The number of nitrogens with one attached hydrogen (secondary N) is 2. The fraction of sp³-hybridized carbons (Fsp3) is 0.533. The maximum absolute atomic E-state index is 11.4. The number of benzene rings is 1. The van der Waals surface area contributed by atoms with E-state index in [0.717, 1.165) is 11.3 Å². The van der Waals surface area contributed by atoms with Crippen molar-refractivity contribution in [2.75, 3.05) is 11.9 Å². The van der Waals surface area contributed by atoms with Gasteiger partial charge >= 0.3 is 0 Å². The molecular weight excluding hydrogens is 224 g/mol. The molecule has 18 heavy (non-hydrogen) atoms. The summed E-state index contributed by atoms with van der Waals surface area (Å²) in [6, 6.07) is 8.52. The molecule has 1 rings (SSSR count). The van der Waals surface area contributed by atoms with Crippen LogP contribution in [0, 0.1) is 5.92 Å². The average molecular weight is 248 g/mol. The zero-order chi connectivity index (χ0) is 13.5. The molecular formula is C15H24N2O. The van der Waals surface area contributed by atoms with E-state index in [1.165, 1.54) is 0 Å². The van der Waals surface area contributed by atoms with Crippen LogP contribution in [0.5, 0.6) is 0 Å². The molecule has 0 heterocycles. The van der Waals surface area contributed by atoms with Gasteiger partial charge in [-0.3, -0.25) is 4.79 Å². The summed E-state index contributed by atoms with van der Waals surface area (Å²) >= 11 is 0. The minimum absolute atomic E-state index is 0.0776. The van der Waals surface area contributed by atoms with Gasteiger partial charge in [0.15, 0.2) is 0 Å². The number of anilines is 1. The molecule has 0 aliphatic heterocycles. The van der Waals surface area contributed by atoms with Crippen LogP contribution in [0.15, 0.2) is 24.3 Å². The van der Waals surface area contributed by atoms with Gasteiger partial charge in [0.1, 0.15) is 0 Å². The van der Waals surface area contributed by atoms with Crippen molar-refractivity contribution in [3.05, 3.63) is 29.8 Å². The highest BCUT2D eigenvalue weighted by molar-refractivity contribution is 5.78. The lowest BCUT2D eigenvalue weighted by Gasteiger charge is -2.18. The first-order valence-electron chi connectivity index (χ1n) is 6.65. The number of likely N-dealkylation sites (N-methyl/N-ethyl adjacent to an activating group) is 1. The first-order chi connectivity index (χ1) is 8.52. The van der Waals surface area contributed by atoms with Crippen molar-refractivity contribution in [1.82, 2.24) is 5.32 Å². The monoisotopic (exact) mass is 248 g/mol. The van der Waals surface area contributed by atoms with Gasteiger partial charge in [-0.2, -0.15) is 0 Å². The third kappa shape index (κ3) is 4.78. The van der Waals surface area contributed by atoms with Gasteiger partial charge in [-0.05, 0) is 37.5 Å². The summed E-state index contributed by atoms with van der Waals surface area (Å²) in [6.07, 6.45) is 0.452. The molecule has 1 aromatic carbocycles. The minimum Gasteiger partial charge on any atom is -0.382 e. The molecule has 0 aliphatic rings. The second kappa shape index (κ2) is 7.04. The number of carbonyl (C=O) groups is 1. The molecule has 1 atom stereocenters. The van der Waals surface area contributed by atoms with Crippen LogP contribution in [-0.2, 0) is 11.2 Å². The van der Waals surface area contributed by atoms with Crippen LogP contribution in [0.25, 0.3) is 0 Å². The van der Waals surface area contributed by atoms with Gasteiger partial charge in [0.05, 0.1) is 6.42 Å². The van der Waals surface area contributed by atoms with Crippen molar-refractivity contribution in [3.63, 3.8) is 0 Å². The molecule has 0 fully saturated rings. The van der Waals surface area contributed by atoms with Crippen molar-refractivity contribution in [2.45, 2.75) is 40.2 Å². The van der Waals surface area contributed by atoms with E-state index in [1.54, 1.807) is 0 Å². The standard InChI is InChI=1S/C15H24N2O/c1-5-16-15(18)10-13-6-8-14(9-7-13)17-12(4)11(2)3/h6-9,11-12,17H,5,10H2,1-4H3,(H,16,18). The first kappa shape index (κ1) is 14.6. The lowest BCUT2D eigenvalue weighted by Crippen LogP contribution is -2.24. The van der Waals surface area contributed by atoms with Crippen molar-refractivity contribution in [3.8, 4) is 0 Å². The van der Waals surface area contributed by atoms with E-state index in [1.807, 2.05) is 31.2 Å². The Morgan fingerprint density at radius 2 is 1.78 bits per heavy atom. The fourth-order valence-corrected chi connectivity index (χ4v) is 1.59. The first-order valence-corrected chi connectivity index (χ1v) is 6.65. The largest absolute Gasteiger partial charge is 0.382 e. The van der Waals surface area contributed by atoms with Crippen LogP contribution in [0.4, 0.5) is 5.69 Å². The van der Waals surface area contributed by atoms with Gasteiger partial charge in [0, 0.05) is 18.3 Å². The van der Waals surface area contributed by atoms with E-state index >= 15 is 0 Å². The molecule has 1 aromatic rings. The Labute approximate surface area is 110 Å². The van der Waals surface area contributed by atoms with E-state index < -0.39 is 0 Å². The summed E-state index contributed by atoms with van der Waals surface area (Å²) in [5, 5.41) is 6.25. The average Bonchev–Trinajstić information content (AvgIpc) is 2.31. The van der Waals surface area contributed by atoms with E-state index in [-0.39, 0.29) is 5.91 Å². The maximum atomic E-state index is 11.4. The molecule has 0 saturated heterocycles. The molecule has 0 spiro atoms. The molecule has 2 N–H and O–H groups in total. The number of amides is 1. The van der Waals surface area contributed by atoms with Crippen LogP contribution in [0.3, 0.4) is 0 Å². The quantitative estimate of drug-likeness (QED) is 0.813. The van der Waals surface area contributed by atoms with Gasteiger partial charge in [0.2, 0.25) is 5.91 Å². The molecule has 0 bridgehead atoms. The second-order valence-corrected chi connectivity index (χ2v) is 5.00. The Kier molecular flexibility index (Phi) is 5.69. The topological polar surface area (TPSA) is 41.1 Å². The molecule has 100 valence electrons. The number of rotatable bonds is 6. The molecule has 0 radical (unpaired) electrons. The van der Waals surface area contributed by atoms with Gasteiger partial charge in [0.25, 0.3) is 0 Å². The Balaban J connectivity index is 2.54. The number of hydrogen-bond donors (Lipinski definition) is 2. The lowest BCUT2D eigenvalue weighted by molar-refractivity contribution is -0.120. The number of carbonyl (C=O) groups excluding carboxylic acids is 1. The molecule has 1 amide bonds. The molecule has 3 heteroatoms. The summed E-state index contributed by atoms with van der Waals surface area (Å²) in [4.78, 5) is 11.4. The number of hydrogen-bond acceptors (Lipinski definition) is 2. The SMILES string of the molecule is CCNC(=O)Cc1ccc(NC(C)C(C)C)cc1. The van der Waals surface area contributed by atoms with Crippen molar-refractivity contribution in [1.29, 1.82) is 0 Å². The van der Waals surface area contributed by atoms with Gasteiger partial charge in [-0.15, -0.1) is 0 Å². The van der Waals surface area contributed by atoms with Crippen molar-refractivity contribution >= 4 is 11.6 Å². The van der Waals surface area contributed by atoms with Crippen molar-refractivity contribution < 1.29 is 4.79 Å². The normalized spacial score (nSPS) is 12.3. The summed E-state index contributed by atoms with van der Waals surface area (Å²) in [7, 11) is 0. The smallest absolute Gasteiger partial charge is 0.224 e. The van der Waals surface area contributed by atoms with Crippen molar-refractivity contribution in [2.24, 2.45) is 5.92 Å². The lowest BCUT2D eigenvalue weighted by atomic mass is 10.1. The Morgan fingerprint density at radius 1 is 1.17 bits per heavy atom. The van der Waals surface area contributed by atoms with Crippen LogP contribution >= 0.6 is 0 Å². The zero-order valence-corrected chi connectivity index (χ0v) is 11.8. The fourth-order valence-electron chi connectivity index (χ4n) is 1.59. The third-order valence-corrected chi connectivity index (χ3v) is 3.09. The van der Waals surface area contributed by atoms with Gasteiger partial charge in [-0.1, -0.05) is 26.0 Å². The second-order valence-electron chi connectivity index (χ2n) is 5.00. The molecule has 3 nitrogen and oxygen atoms in total. The Morgan fingerprint density at radius 3 is 2.28 bits per heavy atom.